The van der Waals surface area contributed by atoms with E-state index in [1.54, 1.807) is 24.3 Å². The van der Waals surface area contributed by atoms with E-state index in [9.17, 15) is 14.4 Å². The number of amides is 1. The third-order valence-corrected chi connectivity index (χ3v) is 4.52. The lowest BCUT2D eigenvalue weighted by atomic mass is 10.1. The van der Waals surface area contributed by atoms with E-state index in [1.807, 2.05) is 17.5 Å². The second kappa shape index (κ2) is 7.31. The fraction of sp³-hybridized carbons (Fsp3) is 0.167. The molecule has 0 aliphatic rings. The number of H-pyrrole nitrogens is 1. The van der Waals surface area contributed by atoms with Crippen molar-refractivity contribution in [2.45, 2.75) is 19.6 Å². The van der Waals surface area contributed by atoms with Gasteiger partial charge in [-0.1, -0.05) is 24.3 Å². The van der Waals surface area contributed by atoms with Crippen molar-refractivity contribution in [3.05, 3.63) is 68.6 Å². The van der Waals surface area contributed by atoms with E-state index in [-0.39, 0.29) is 5.56 Å². The van der Waals surface area contributed by atoms with Gasteiger partial charge in [0.05, 0.1) is 12.1 Å². The van der Waals surface area contributed by atoms with E-state index in [4.69, 9.17) is 4.74 Å². The summed E-state index contributed by atoms with van der Waals surface area (Å²) in [5, 5.41) is 5.20. The predicted octanol–water partition coefficient (Wildman–Crippen LogP) is 2.45. The average molecular weight is 356 g/mol. The highest BCUT2D eigenvalue weighted by atomic mass is 32.1. The SMILES string of the molecule is C[C@H](OC(=O)c1cc(=O)[nH]c2ccccc12)C(=O)NCc1cccs1. The number of pyridine rings is 1. The summed E-state index contributed by atoms with van der Waals surface area (Å²) in [6.45, 7) is 1.88. The quantitative estimate of drug-likeness (QED) is 0.687. The van der Waals surface area contributed by atoms with Gasteiger partial charge in [0.15, 0.2) is 6.10 Å². The highest BCUT2D eigenvalue weighted by Crippen LogP contribution is 2.16. The molecule has 0 aliphatic heterocycles. The highest BCUT2D eigenvalue weighted by Gasteiger charge is 2.20. The topological polar surface area (TPSA) is 88.3 Å². The van der Waals surface area contributed by atoms with Crippen LogP contribution in [-0.2, 0) is 16.1 Å². The molecule has 3 aromatic rings. The van der Waals surface area contributed by atoms with Crippen LogP contribution in [0, 0.1) is 0 Å². The molecule has 25 heavy (non-hydrogen) atoms. The molecule has 0 radical (unpaired) electrons. The Hall–Kier alpha value is -2.93. The number of rotatable bonds is 5. The van der Waals surface area contributed by atoms with Gasteiger partial charge < -0.3 is 15.0 Å². The number of thiophene rings is 1. The first-order valence-electron chi connectivity index (χ1n) is 7.68. The van der Waals surface area contributed by atoms with Crippen molar-refractivity contribution in [2.75, 3.05) is 0 Å². The first-order chi connectivity index (χ1) is 12.0. The van der Waals surface area contributed by atoms with Crippen molar-refractivity contribution >= 4 is 34.1 Å². The molecule has 0 unspecified atom stereocenters. The molecule has 1 atom stereocenters. The Bertz CT molecular complexity index is 963. The zero-order valence-electron chi connectivity index (χ0n) is 13.4. The molecule has 2 N–H and O–H groups in total. The molecule has 0 fully saturated rings. The molecule has 0 bridgehead atoms. The first kappa shape index (κ1) is 16.9. The molecule has 0 spiro atoms. The van der Waals surface area contributed by atoms with Crippen molar-refractivity contribution in [1.29, 1.82) is 0 Å². The number of ether oxygens (including phenoxy) is 1. The summed E-state index contributed by atoms with van der Waals surface area (Å²) >= 11 is 1.53. The monoisotopic (exact) mass is 356 g/mol. The average Bonchev–Trinajstić information content (AvgIpc) is 3.12. The van der Waals surface area contributed by atoms with Crippen molar-refractivity contribution in [2.24, 2.45) is 0 Å². The minimum Gasteiger partial charge on any atom is -0.449 e. The van der Waals surface area contributed by atoms with Crippen LogP contribution < -0.4 is 10.9 Å². The van der Waals surface area contributed by atoms with Crippen molar-refractivity contribution in [1.82, 2.24) is 10.3 Å². The number of para-hydroxylation sites is 1. The van der Waals surface area contributed by atoms with Gasteiger partial charge in [-0.2, -0.15) is 0 Å². The number of benzene rings is 1. The van der Waals surface area contributed by atoms with Gasteiger partial charge in [-0.25, -0.2) is 4.79 Å². The van der Waals surface area contributed by atoms with Gasteiger partial charge >= 0.3 is 5.97 Å². The van der Waals surface area contributed by atoms with Gasteiger partial charge in [-0.05, 0) is 24.4 Å². The molecule has 1 amide bonds. The molecule has 0 saturated carbocycles. The Balaban J connectivity index is 1.71. The van der Waals surface area contributed by atoms with E-state index in [0.717, 1.165) is 4.88 Å². The zero-order chi connectivity index (χ0) is 17.8. The maximum absolute atomic E-state index is 12.4. The summed E-state index contributed by atoms with van der Waals surface area (Å²) in [6, 6.07) is 11.9. The van der Waals surface area contributed by atoms with Crippen molar-refractivity contribution in [3.63, 3.8) is 0 Å². The van der Waals surface area contributed by atoms with Gasteiger partial charge in [-0.3, -0.25) is 9.59 Å². The van der Waals surface area contributed by atoms with E-state index < -0.39 is 23.5 Å². The van der Waals surface area contributed by atoms with Gasteiger partial charge in [0.1, 0.15) is 0 Å². The van der Waals surface area contributed by atoms with Crippen LogP contribution in [0.1, 0.15) is 22.2 Å². The minimum absolute atomic E-state index is 0.136. The Morgan fingerprint density at radius 2 is 2.04 bits per heavy atom. The molecular formula is C18H16N2O4S. The second-order valence-corrected chi connectivity index (χ2v) is 6.47. The van der Waals surface area contributed by atoms with Gasteiger partial charge in [0, 0.05) is 21.8 Å². The van der Waals surface area contributed by atoms with Crippen LogP contribution in [0.25, 0.3) is 10.9 Å². The molecule has 0 saturated heterocycles. The van der Waals surface area contributed by atoms with Crippen LogP contribution in [-0.4, -0.2) is 23.0 Å². The number of carbonyl (C=O) groups is 2. The van der Waals surface area contributed by atoms with Crippen LogP contribution in [0.5, 0.6) is 0 Å². The summed E-state index contributed by atoms with van der Waals surface area (Å²) in [6.07, 6.45) is -0.967. The highest BCUT2D eigenvalue weighted by molar-refractivity contribution is 7.09. The fourth-order valence-electron chi connectivity index (χ4n) is 2.38. The van der Waals surface area contributed by atoms with Crippen LogP contribution in [0.4, 0.5) is 0 Å². The Morgan fingerprint density at radius 1 is 1.24 bits per heavy atom. The van der Waals surface area contributed by atoms with Crippen LogP contribution in [0.15, 0.2) is 52.6 Å². The van der Waals surface area contributed by atoms with Crippen LogP contribution in [0.3, 0.4) is 0 Å². The maximum atomic E-state index is 12.4. The van der Waals surface area contributed by atoms with Gasteiger partial charge in [0.25, 0.3) is 5.91 Å². The molecule has 2 aromatic heterocycles. The smallest absolute Gasteiger partial charge is 0.339 e. The lowest BCUT2D eigenvalue weighted by Gasteiger charge is -2.14. The number of nitrogens with one attached hydrogen (secondary N) is 2. The van der Waals surface area contributed by atoms with Crippen molar-refractivity contribution in [3.8, 4) is 0 Å². The molecule has 6 nitrogen and oxygen atoms in total. The number of aromatic amines is 1. The standard InChI is InChI=1S/C18H16N2O4S/c1-11(17(22)19-10-12-5-4-8-25-12)24-18(23)14-9-16(21)20-15-7-3-2-6-13(14)15/h2-9,11H,10H2,1H3,(H,19,22)(H,20,21)/t11-/m0/s1. The molecule has 1 aromatic carbocycles. The Labute approximate surface area is 147 Å². The summed E-state index contributed by atoms with van der Waals surface area (Å²) in [5.74, 6) is -1.10. The lowest BCUT2D eigenvalue weighted by Crippen LogP contribution is -2.35. The number of aromatic nitrogens is 1. The van der Waals surface area contributed by atoms with Gasteiger partial charge in [-0.15, -0.1) is 11.3 Å². The largest absolute Gasteiger partial charge is 0.449 e. The second-order valence-electron chi connectivity index (χ2n) is 5.44. The van der Waals surface area contributed by atoms with E-state index in [0.29, 0.717) is 17.4 Å². The first-order valence-corrected chi connectivity index (χ1v) is 8.55. The van der Waals surface area contributed by atoms with Gasteiger partial charge in [0.2, 0.25) is 5.56 Å². The normalized spacial score (nSPS) is 11.9. The summed E-state index contributed by atoms with van der Waals surface area (Å²) in [7, 11) is 0. The zero-order valence-corrected chi connectivity index (χ0v) is 14.3. The molecule has 3 rings (SSSR count). The number of hydrogen-bond donors (Lipinski definition) is 2. The molecule has 7 heteroatoms. The van der Waals surface area contributed by atoms with E-state index >= 15 is 0 Å². The number of carbonyl (C=O) groups excluding carboxylic acids is 2. The molecule has 2 heterocycles. The molecular weight excluding hydrogens is 340 g/mol. The summed E-state index contributed by atoms with van der Waals surface area (Å²) in [5.41, 5.74) is 0.273. The van der Waals surface area contributed by atoms with Crippen LogP contribution >= 0.6 is 11.3 Å². The van der Waals surface area contributed by atoms with Crippen LogP contribution in [0.2, 0.25) is 0 Å². The summed E-state index contributed by atoms with van der Waals surface area (Å²) in [4.78, 5) is 39.9. The minimum atomic E-state index is -0.967. The van der Waals surface area contributed by atoms with Crippen molar-refractivity contribution < 1.29 is 14.3 Å². The maximum Gasteiger partial charge on any atom is 0.339 e. The Morgan fingerprint density at radius 3 is 2.80 bits per heavy atom. The predicted molar refractivity (Wildman–Crippen MR) is 95.6 cm³/mol. The van der Waals surface area contributed by atoms with E-state index in [2.05, 4.69) is 10.3 Å². The molecule has 0 aliphatic carbocycles. The lowest BCUT2D eigenvalue weighted by molar-refractivity contribution is -0.129. The fourth-order valence-corrected chi connectivity index (χ4v) is 3.03. The Kier molecular flexibility index (Phi) is 4.95. The summed E-state index contributed by atoms with van der Waals surface area (Å²) < 4.78 is 5.23. The third-order valence-electron chi connectivity index (χ3n) is 3.64. The number of hydrogen-bond acceptors (Lipinski definition) is 5. The molecule has 128 valence electrons. The third kappa shape index (κ3) is 3.95. The van der Waals surface area contributed by atoms with E-state index in [1.165, 1.54) is 24.3 Å². The number of fused-ring (bicyclic) bond motifs is 1. The number of esters is 1.